The summed E-state index contributed by atoms with van der Waals surface area (Å²) in [5, 5.41) is 3.40. The topological polar surface area (TPSA) is 75.5 Å². The average molecular weight is 495 g/mol. The van der Waals surface area contributed by atoms with E-state index in [1.807, 2.05) is 22.8 Å². The van der Waals surface area contributed by atoms with E-state index in [0.29, 0.717) is 60.5 Å². The summed E-state index contributed by atoms with van der Waals surface area (Å²) < 4.78 is 21.2. The quantitative estimate of drug-likeness (QED) is 0.440. The first-order chi connectivity index (χ1) is 17.0. The van der Waals surface area contributed by atoms with Gasteiger partial charge in [0.25, 0.3) is 0 Å². The number of benzene rings is 2. The maximum absolute atomic E-state index is 14.0. The van der Waals surface area contributed by atoms with Gasteiger partial charge in [0.05, 0.1) is 25.0 Å². The molecule has 8 nitrogen and oxygen atoms in total. The lowest BCUT2D eigenvalue weighted by Gasteiger charge is -2.34. The Kier molecular flexibility index (Phi) is 6.52. The molecule has 10 heteroatoms. The number of anilines is 1. The van der Waals surface area contributed by atoms with Gasteiger partial charge in [-0.3, -0.25) is 9.47 Å². The first-order valence-corrected chi connectivity index (χ1v) is 11.6. The van der Waals surface area contributed by atoms with Crippen LogP contribution in [0.1, 0.15) is 5.82 Å². The Bertz CT molecular complexity index is 1370. The van der Waals surface area contributed by atoms with Gasteiger partial charge in [-0.1, -0.05) is 17.7 Å². The highest BCUT2D eigenvalue weighted by Gasteiger charge is 2.24. The number of urea groups is 1. The number of pyridine rings is 1. The summed E-state index contributed by atoms with van der Waals surface area (Å²) >= 11 is 6.07. The first-order valence-electron chi connectivity index (χ1n) is 11.2. The smallest absolute Gasteiger partial charge is 0.322 e. The van der Waals surface area contributed by atoms with E-state index in [0.717, 1.165) is 11.3 Å². The van der Waals surface area contributed by atoms with Crippen LogP contribution in [0.15, 0.2) is 60.8 Å². The van der Waals surface area contributed by atoms with E-state index in [9.17, 15) is 9.18 Å². The van der Waals surface area contributed by atoms with Crippen molar-refractivity contribution < 1.29 is 13.9 Å². The second-order valence-corrected chi connectivity index (χ2v) is 8.66. The number of methoxy groups -OCH3 is 1. The molecule has 35 heavy (non-hydrogen) atoms. The SMILES string of the molecule is COc1ccc(Cl)cc1NC(=O)N1CCN(Cc2nc3cccnc3n2-c2cccc(F)c2)CC1. The van der Waals surface area contributed by atoms with Gasteiger partial charge in [0, 0.05) is 37.4 Å². The maximum atomic E-state index is 14.0. The van der Waals surface area contributed by atoms with Crippen LogP contribution < -0.4 is 10.1 Å². The highest BCUT2D eigenvalue weighted by molar-refractivity contribution is 6.31. The molecule has 0 radical (unpaired) electrons. The number of rotatable bonds is 5. The molecule has 0 saturated carbocycles. The summed E-state index contributed by atoms with van der Waals surface area (Å²) in [5.74, 6) is 0.999. The fraction of sp³-hybridized carbons (Fsp3) is 0.240. The third-order valence-corrected chi connectivity index (χ3v) is 6.21. The minimum atomic E-state index is -0.317. The standard InChI is InChI=1S/C25H24ClFN6O2/c1-35-22-8-7-17(26)14-21(22)30-25(34)32-12-10-31(11-13-32)16-23-29-20-6-3-9-28-24(20)33(23)19-5-2-4-18(27)15-19/h2-9,14-15H,10-13,16H2,1H3,(H,30,34). The molecule has 2 aromatic carbocycles. The number of hydrogen-bond donors (Lipinski definition) is 1. The van der Waals surface area contributed by atoms with Gasteiger partial charge in [-0.2, -0.15) is 0 Å². The van der Waals surface area contributed by atoms with E-state index in [1.54, 1.807) is 42.5 Å². The minimum absolute atomic E-state index is 0.207. The molecule has 2 amide bonds. The lowest BCUT2D eigenvalue weighted by atomic mass is 10.2. The number of nitrogens with zero attached hydrogens (tertiary/aromatic N) is 5. The number of fused-ring (bicyclic) bond motifs is 1. The number of carbonyl (C=O) groups excluding carboxylic acids is 1. The second-order valence-electron chi connectivity index (χ2n) is 8.23. The van der Waals surface area contributed by atoms with Gasteiger partial charge < -0.3 is 15.0 Å². The Hall–Kier alpha value is -3.69. The van der Waals surface area contributed by atoms with Crippen molar-refractivity contribution in [1.29, 1.82) is 0 Å². The molecular weight excluding hydrogens is 471 g/mol. The number of hydrogen-bond acceptors (Lipinski definition) is 5. The highest BCUT2D eigenvalue weighted by atomic mass is 35.5. The summed E-state index contributed by atoms with van der Waals surface area (Å²) in [6.07, 6.45) is 1.70. The van der Waals surface area contributed by atoms with Gasteiger partial charge in [0.15, 0.2) is 5.65 Å². The molecule has 1 N–H and O–H groups in total. The van der Waals surface area contributed by atoms with Crippen molar-refractivity contribution in [3.05, 3.63) is 77.5 Å². The van der Waals surface area contributed by atoms with E-state index in [4.69, 9.17) is 21.3 Å². The lowest BCUT2D eigenvalue weighted by Crippen LogP contribution is -2.49. The summed E-state index contributed by atoms with van der Waals surface area (Å²) in [4.78, 5) is 26.1. The zero-order valence-corrected chi connectivity index (χ0v) is 19.9. The Morgan fingerprint density at radius 3 is 2.71 bits per heavy atom. The van der Waals surface area contributed by atoms with Gasteiger partial charge in [0.2, 0.25) is 0 Å². The predicted molar refractivity (Wildman–Crippen MR) is 133 cm³/mol. The Morgan fingerprint density at radius 2 is 1.94 bits per heavy atom. The molecule has 2 aromatic heterocycles. The Balaban J connectivity index is 1.29. The lowest BCUT2D eigenvalue weighted by molar-refractivity contribution is 0.140. The van der Waals surface area contributed by atoms with Gasteiger partial charge in [0.1, 0.15) is 22.9 Å². The normalized spacial score (nSPS) is 14.3. The molecule has 0 aliphatic carbocycles. The van der Waals surface area contributed by atoms with Crippen LogP contribution in [-0.4, -0.2) is 63.7 Å². The molecule has 1 fully saturated rings. The van der Waals surface area contributed by atoms with Crippen molar-refractivity contribution in [3.63, 3.8) is 0 Å². The summed E-state index contributed by atoms with van der Waals surface area (Å²) in [6, 6.07) is 15.0. The van der Waals surface area contributed by atoms with E-state index in [-0.39, 0.29) is 11.8 Å². The number of imidazole rings is 1. The molecule has 0 atom stereocenters. The predicted octanol–water partition coefficient (Wildman–Crippen LogP) is 4.57. The van der Waals surface area contributed by atoms with Crippen LogP contribution >= 0.6 is 11.6 Å². The Morgan fingerprint density at radius 1 is 1.11 bits per heavy atom. The monoisotopic (exact) mass is 494 g/mol. The number of ether oxygens (including phenoxy) is 1. The molecule has 0 unspecified atom stereocenters. The third-order valence-electron chi connectivity index (χ3n) is 5.98. The second kappa shape index (κ2) is 9.89. The van der Waals surface area contributed by atoms with Crippen molar-refractivity contribution in [2.24, 2.45) is 0 Å². The van der Waals surface area contributed by atoms with Crippen LogP contribution in [0.4, 0.5) is 14.9 Å². The van der Waals surface area contributed by atoms with E-state index in [2.05, 4.69) is 15.2 Å². The molecule has 3 heterocycles. The maximum Gasteiger partial charge on any atom is 0.322 e. The van der Waals surface area contributed by atoms with Crippen molar-refractivity contribution in [3.8, 4) is 11.4 Å². The van der Waals surface area contributed by atoms with Crippen LogP contribution in [0.5, 0.6) is 5.75 Å². The first kappa shape index (κ1) is 23.1. The van der Waals surface area contributed by atoms with Crippen LogP contribution in [0, 0.1) is 5.82 Å². The number of piperazine rings is 1. The molecule has 0 spiro atoms. The fourth-order valence-electron chi connectivity index (χ4n) is 4.23. The number of aromatic nitrogens is 3. The van der Waals surface area contributed by atoms with Crippen LogP contribution in [-0.2, 0) is 6.54 Å². The summed E-state index contributed by atoms with van der Waals surface area (Å²) in [5.41, 5.74) is 2.64. The molecule has 4 aromatic rings. The molecule has 1 aliphatic heterocycles. The van der Waals surface area contributed by atoms with Gasteiger partial charge >= 0.3 is 6.03 Å². The molecular formula is C25H24ClFN6O2. The zero-order chi connectivity index (χ0) is 24.4. The van der Waals surface area contributed by atoms with Crippen molar-refractivity contribution in [2.75, 3.05) is 38.6 Å². The largest absolute Gasteiger partial charge is 0.495 e. The fourth-order valence-corrected chi connectivity index (χ4v) is 4.41. The Labute approximate surface area is 206 Å². The number of carbonyl (C=O) groups is 1. The molecule has 0 bridgehead atoms. The van der Waals surface area contributed by atoms with Crippen LogP contribution in [0.3, 0.4) is 0 Å². The minimum Gasteiger partial charge on any atom is -0.495 e. The number of halogens is 2. The van der Waals surface area contributed by atoms with Crippen molar-refractivity contribution >= 4 is 34.5 Å². The van der Waals surface area contributed by atoms with Gasteiger partial charge in [-0.25, -0.2) is 19.2 Å². The van der Waals surface area contributed by atoms with Crippen LogP contribution in [0.2, 0.25) is 5.02 Å². The molecule has 180 valence electrons. The summed E-state index contributed by atoms with van der Waals surface area (Å²) in [6.45, 7) is 2.98. The molecule has 5 rings (SSSR count). The number of nitrogens with one attached hydrogen (secondary N) is 1. The van der Waals surface area contributed by atoms with Gasteiger partial charge in [-0.05, 0) is 48.5 Å². The van der Waals surface area contributed by atoms with E-state index < -0.39 is 0 Å². The molecule has 1 saturated heterocycles. The van der Waals surface area contributed by atoms with E-state index >= 15 is 0 Å². The van der Waals surface area contributed by atoms with Crippen molar-refractivity contribution in [2.45, 2.75) is 6.54 Å². The van der Waals surface area contributed by atoms with E-state index in [1.165, 1.54) is 12.1 Å². The zero-order valence-electron chi connectivity index (χ0n) is 19.1. The molecule has 1 aliphatic rings. The highest BCUT2D eigenvalue weighted by Crippen LogP contribution is 2.28. The van der Waals surface area contributed by atoms with Crippen molar-refractivity contribution in [1.82, 2.24) is 24.3 Å². The summed E-state index contributed by atoms with van der Waals surface area (Å²) in [7, 11) is 1.55. The third kappa shape index (κ3) is 4.91. The number of amides is 2. The average Bonchev–Trinajstić information content (AvgIpc) is 3.22. The van der Waals surface area contributed by atoms with Crippen LogP contribution in [0.25, 0.3) is 16.9 Å². The van der Waals surface area contributed by atoms with Gasteiger partial charge in [-0.15, -0.1) is 0 Å².